The van der Waals surface area contributed by atoms with Crippen LogP contribution in [0.4, 0.5) is 13.2 Å². The van der Waals surface area contributed by atoms with Gasteiger partial charge in [-0.3, -0.25) is 4.79 Å². The summed E-state index contributed by atoms with van der Waals surface area (Å²) in [6.07, 6.45) is -4.08. The van der Waals surface area contributed by atoms with Gasteiger partial charge in [-0.25, -0.2) is 0 Å². The van der Waals surface area contributed by atoms with Crippen molar-refractivity contribution in [2.75, 3.05) is 0 Å². The summed E-state index contributed by atoms with van der Waals surface area (Å²) < 4.78 is 40.7. The normalized spacial score (nSPS) is 15.1. The van der Waals surface area contributed by atoms with Crippen molar-refractivity contribution in [2.45, 2.75) is 42.9 Å². The molecule has 0 fully saturated rings. The van der Waals surface area contributed by atoms with E-state index < -0.39 is 21.7 Å². The Morgan fingerprint density at radius 1 is 1.43 bits per heavy atom. The zero-order valence-corrected chi connectivity index (χ0v) is 10.3. The van der Waals surface area contributed by atoms with Crippen LogP contribution < -0.4 is 0 Å². The van der Waals surface area contributed by atoms with Crippen LogP contribution in [0, 0.1) is 0 Å². The van der Waals surface area contributed by atoms with Crippen LogP contribution in [-0.2, 0) is 9.53 Å². The third-order valence-electron chi connectivity index (χ3n) is 1.65. The minimum atomic E-state index is -4.53. The number of hydrogen-bond donors (Lipinski definition) is 0. The van der Waals surface area contributed by atoms with E-state index in [0.29, 0.717) is 6.42 Å². The highest BCUT2D eigenvalue weighted by Gasteiger charge is 2.51. The molecule has 14 heavy (non-hydrogen) atoms. The summed E-state index contributed by atoms with van der Waals surface area (Å²) in [5.41, 5.74) is -2.41. The van der Waals surface area contributed by atoms with Gasteiger partial charge in [0.15, 0.2) is 0 Å². The lowest BCUT2D eigenvalue weighted by Crippen LogP contribution is -2.44. The summed E-state index contributed by atoms with van der Waals surface area (Å²) in [6, 6.07) is 0. The van der Waals surface area contributed by atoms with Gasteiger partial charge in [-0.2, -0.15) is 13.2 Å². The second-order valence-corrected chi connectivity index (χ2v) is 4.81. The first-order chi connectivity index (χ1) is 6.12. The van der Waals surface area contributed by atoms with E-state index in [0.717, 1.165) is 13.8 Å². The lowest BCUT2D eigenvalue weighted by Gasteiger charge is -2.28. The molecule has 0 aliphatic carbocycles. The van der Waals surface area contributed by atoms with Crippen LogP contribution in [-0.4, -0.2) is 21.7 Å². The Bertz CT molecular complexity index is 213. The number of halogens is 4. The molecule has 0 saturated heterocycles. The van der Waals surface area contributed by atoms with Gasteiger partial charge in [-0.15, -0.1) is 0 Å². The molecule has 1 atom stereocenters. The van der Waals surface area contributed by atoms with Gasteiger partial charge in [0.05, 0.1) is 0 Å². The molecule has 0 aliphatic rings. The highest BCUT2D eigenvalue weighted by molar-refractivity contribution is 14.1. The van der Waals surface area contributed by atoms with Crippen molar-refractivity contribution in [3.8, 4) is 0 Å². The van der Waals surface area contributed by atoms with Crippen LogP contribution in [0.3, 0.4) is 0 Å². The molecule has 0 rings (SSSR count). The van der Waals surface area contributed by atoms with Crippen molar-refractivity contribution in [1.82, 2.24) is 0 Å². The predicted molar refractivity (Wildman–Crippen MR) is 54.3 cm³/mol. The van der Waals surface area contributed by atoms with Crippen LogP contribution >= 0.6 is 22.6 Å². The molecular formula is C8H12F3IO2. The van der Waals surface area contributed by atoms with E-state index in [1.54, 1.807) is 29.5 Å². The smallest absolute Gasteiger partial charge is 0.427 e. The Morgan fingerprint density at radius 3 is 2.14 bits per heavy atom. The minimum Gasteiger partial charge on any atom is -0.449 e. The molecule has 0 amide bonds. The van der Waals surface area contributed by atoms with Gasteiger partial charge in [0.2, 0.25) is 5.60 Å². The molecule has 84 valence electrons. The summed E-state index contributed by atoms with van der Waals surface area (Å²) >= 11 is 1.76. The lowest BCUT2D eigenvalue weighted by atomic mass is 10.1. The fourth-order valence-electron chi connectivity index (χ4n) is 0.540. The predicted octanol–water partition coefficient (Wildman–Crippen LogP) is 3.08. The zero-order chi connectivity index (χ0) is 11.6. The molecule has 0 aliphatic heterocycles. The molecule has 0 heterocycles. The second kappa shape index (κ2) is 4.67. The topological polar surface area (TPSA) is 26.3 Å². The van der Waals surface area contributed by atoms with E-state index in [-0.39, 0.29) is 0 Å². The van der Waals surface area contributed by atoms with Crippen LogP contribution in [0.5, 0.6) is 0 Å². The van der Waals surface area contributed by atoms with Crippen molar-refractivity contribution >= 4 is 28.6 Å². The molecule has 2 nitrogen and oxygen atoms in total. The molecule has 0 aromatic heterocycles. The van der Waals surface area contributed by atoms with Crippen LogP contribution in [0.25, 0.3) is 0 Å². The summed E-state index contributed by atoms with van der Waals surface area (Å²) in [5.74, 6) is -0.824. The molecule has 0 aromatic carbocycles. The lowest BCUT2D eigenvalue weighted by molar-refractivity contribution is -0.256. The Kier molecular flexibility index (Phi) is 4.67. The van der Waals surface area contributed by atoms with Gasteiger partial charge in [0, 0.05) is 0 Å². The molecule has 0 N–H and O–H groups in total. The minimum absolute atomic E-state index is 0.452. The molecule has 0 bridgehead atoms. The van der Waals surface area contributed by atoms with E-state index in [2.05, 4.69) is 4.74 Å². The van der Waals surface area contributed by atoms with E-state index >= 15 is 0 Å². The maximum absolute atomic E-state index is 12.3. The fraction of sp³-hybridized carbons (Fsp3) is 0.875. The maximum atomic E-state index is 12.3. The fourth-order valence-corrected chi connectivity index (χ4v) is 0.667. The largest absolute Gasteiger partial charge is 0.449 e. The van der Waals surface area contributed by atoms with Gasteiger partial charge < -0.3 is 4.74 Å². The van der Waals surface area contributed by atoms with Crippen molar-refractivity contribution < 1.29 is 22.7 Å². The quantitative estimate of drug-likeness (QED) is 0.453. The van der Waals surface area contributed by atoms with Gasteiger partial charge in [-0.05, 0) is 20.3 Å². The number of rotatable bonds is 3. The standard InChI is InChI=1S/C8H12F3IO2/c1-4-5(12)6(13)14-7(2,3)8(9,10)11/h5H,4H2,1-3H3. The molecule has 1 unspecified atom stereocenters. The number of esters is 1. The number of carbonyl (C=O) groups excluding carboxylic acids is 1. The maximum Gasteiger partial charge on any atom is 0.427 e. The first kappa shape index (κ1) is 14.0. The summed E-state index contributed by atoms with van der Waals surface area (Å²) in [5, 5.41) is 0. The van der Waals surface area contributed by atoms with Crippen molar-refractivity contribution in [1.29, 1.82) is 0 Å². The van der Waals surface area contributed by atoms with E-state index in [9.17, 15) is 18.0 Å². The average molecular weight is 324 g/mol. The summed E-state index contributed by atoms with van der Waals surface area (Å²) in [7, 11) is 0. The highest BCUT2D eigenvalue weighted by Crippen LogP contribution is 2.33. The average Bonchev–Trinajstić information content (AvgIpc) is 2.00. The Hall–Kier alpha value is -0.0100. The molecule has 0 radical (unpaired) electrons. The van der Waals surface area contributed by atoms with Gasteiger partial charge in [-0.1, -0.05) is 29.5 Å². The number of carbonyl (C=O) groups is 1. The number of hydrogen-bond acceptors (Lipinski definition) is 2. The van der Waals surface area contributed by atoms with Gasteiger partial charge in [0.1, 0.15) is 3.92 Å². The number of alkyl halides is 4. The van der Waals surface area contributed by atoms with Crippen LogP contribution in [0.15, 0.2) is 0 Å². The first-order valence-corrected chi connectivity index (χ1v) is 5.30. The molecule has 0 aromatic rings. The Morgan fingerprint density at radius 2 is 1.86 bits per heavy atom. The SMILES string of the molecule is CCC(I)C(=O)OC(C)(C)C(F)(F)F. The molecule has 0 spiro atoms. The molecule has 0 saturated carbocycles. The van der Waals surface area contributed by atoms with Gasteiger partial charge in [0.25, 0.3) is 0 Å². The summed E-state index contributed by atoms with van der Waals surface area (Å²) in [4.78, 5) is 11.1. The first-order valence-electron chi connectivity index (χ1n) is 4.05. The highest BCUT2D eigenvalue weighted by atomic mass is 127. The monoisotopic (exact) mass is 324 g/mol. The van der Waals surface area contributed by atoms with E-state index in [1.807, 2.05) is 0 Å². The zero-order valence-electron chi connectivity index (χ0n) is 8.11. The number of ether oxygens (including phenoxy) is 1. The van der Waals surface area contributed by atoms with Crippen LogP contribution in [0.2, 0.25) is 0 Å². The summed E-state index contributed by atoms with van der Waals surface area (Å²) in [6.45, 7) is 3.38. The molecule has 6 heteroatoms. The third kappa shape index (κ3) is 3.62. The Labute approximate surface area is 94.3 Å². The second-order valence-electron chi connectivity index (χ2n) is 3.30. The van der Waals surface area contributed by atoms with E-state index in [4.69, 9.17) is 0 Å². The van der Waals surface area contributed by atoms with Crippen molar-refractivity contribution in [3.05, 3.63) is 0 Å². The molecular weight excluding hydrogens is 312 g/mol. The van der Waals surface area contributed by atoms with Gasteiger partial charge >= 0.3 is 12.1 Å². The van der Waals surface area contributed by atoms with E-state index in [1.165, 1.54) is 0 Å². The van der Waals surface area contributed by atoms with Crippen LogP contribution in [0.1, 0.15) is 27.2 Å². The Balaban J connectivity index is 4.45. The van der Waals surface area contributed by atoms with Crippen molar-refractivity contribution in [3.63, 3.8) is 0 Å². The third-order valence-corrected chi connectivity index (χ3v) is 3.04. The van der Waals surface area contributed by atoms with Crippen molar-refractivity contribution in [2.24, 2.45) is 0 Å².